The molecule has 1 aliphatic heterocycles. The lowest BCUT2D eigenvalue weighted by Gasteiger charge is -2.31. The predicted octanol–water partition coefficient (Wildman–Crippen LogP) is 1.91. The van der Waals surface area contributed by atoms with Gasteiger partial charge in [0.05, 0.1) is 0 Å². The molecule has 1 aromatic carbocycles. The maximum absolute atomic E-state index is 4.72. The van der Waals surface area contributed by atoms with Crippen LogP contribution in [0.5, 0.6) is 0 Å². The van der Waals surface area contributed by atoms with Gasteiger partial charge in [0.15, 0.2) is 0 Å². The first-order valence-corrected chi connectivity index (χ1v) is 7.53. The Kier molecular flexibility index (Phi) is 4.31. The molecule has 5 nitrogen and oxygen atoms in total. The maximum atomic E-state index is 4.72. The van der Waals surface area contributed by atoms with Crippen LogP contribution in [0.4, 0.5) is 0 Å². The number of benzene rings is 1. The molecule has 1 atom stereocenters. The first kappa shape index (κ1) is 14.2. The van der Waals surface area contributed by atoms with Gasteiger partial charge in [-0.3, -0.25) is 4.90 Å². The topological polar surface area (TPSA) is 54.2 Å². The fourth-order valence-corrected chi connectivity index (χ4v) is 2.84. The molecule has 2 heterocycles. The third-order valence-corrected chi connectivity index (χ3v) is 4.11. The molecule has 0 amide bonds. The summed E-state index contributed by atoms with van der Waals surface area (Å²) in [5.41, 5.74) is 4.72. The Labute approximate surface area is 125 Å². The zero-order valence-electron chi connectivity index (χ0n) is 12.7. The van der Waals surface area contributed by atoms with Crippen LogP contribution >= 0.6 is 0 Å². The van der Waals surface area contributed by atoms with Gasteiger partial charge < -0.3 is 5.32 Å². The van der Waals surface area contributed by atoms with Crippen molar-refractivity contribution in [3.63, 3.8) is 0 Å². The smallest absolute Gasteiger partial charge is 0.121 e. The Morgan fingerprint density at radius 1 is 1.29 bits per heavy atom. The predicted molar refractivity (Wildman–Crippen MR) is 80.8 cm³/mol. The van der Waals surface area contributed by atoms with Crippen LogP contribution in [0.3, 0.4) is 0 Å². The highest BCUT2D eigenvalue weighted by Gasteiger charge is 2.17. The third kappa shape index (κ3) is 3.49. The Morgan fingerprint density at radius 2 is 2.10 bits per heavy atom. The van der Waals surface area contributed by atoms with E-state index in [-0.39, 0.29) is 0 Å². The Bertz CT molecular complexity index is 595. The average Bonchev–Trinajstić information content (AvgIpc) is 2.90. The van der Waals surface area contributed by atoms with Crippen LogP contribution < -0.4 is 5.32 Å². The maximum Gasteiger partial charge on any atom is 0.121 e. The zero-order chi connectivity index (χ0) is 14.7. The van der Waals surface area contributed by atoms with Crippen LogP contribution in [0, 0.1) is 6.92 Å². The number of aryl methyl sites for hydroxylation is 1. The number of nitrogens with one attached hydrogen (secondary N) is 1. The Balaban J connectivity index is 1.50. The molecule has 0 spiro atoms. The van der Waals surface area contributed by atoms with E-state index in [0.29, 0.717) is 12.6 Å². The van der Waals surface area contributed by atoms with Gasteiger partial charge in [-0.25, -0.2) is 4.63 Å². The molecule has 2 aromatic rings. The van der Waals surface area contributed by atoms with E-state index in [1.165, 1.54) is 11.1 Å². The lowest BCUT2D eigenvalue weighted by atomic mass is 10.00. The number of rotatable bonds is 5. The highest BCUT2D eigenvalue weighted by Crippen LogP contribution is 2.18. The molecule has 3 rings (SSSR count). The third-order valence-electron chi connectivity index (χ3n) is 4.11. The van der Waals surface area contributed by atoms with Gasteiger partial charge in [0, 0.05) is 32.2 Å². The van der Waals surface area contributed by atoms with Gasteiger partial charge in [-0.2, -0.15) is 0 Å². The summed E-state index contributed by atoms with van der Waals surface area (Å²) in [5.74, 6) is 0. The molecule has 0 radical (unpaired) electrons. The van der Waals surface area contributed by atoms with Crippen molar-refractivity contribution in [1.82, 2.24) is 20.5 Å². The highest BCUT2D eigenvalue weighted by atomic mass is 16.6. The van der Waals surface area contributed by atoms with E-state index in [9.17, 15) is 0 Å². The van der Waals surface area contributed by atoms with E-state index in [1.807, 2.05) is 6.92 Å². The van der Waals surface area contributed by atoms with Crippen LogP contribution in [-0.4, -0.2) is 34.3 Å². The lowest BCUT2D eigenvalue weighted by molar-refractivity contribution is 0.228. The molecule has 1 unspecified atom stereocenters. The molecule has 1 N–H and O–H groups in total. The summed E-state index contributed by atoms with van der Waals surface area (Å²) in [4.78, 5) is 2.51. The summed E-state index contributed by atoms with van der Waals surface area (Å²) in [7, 11) is 0. The van der Waals surface area contributed by atoms with Crippen molar-refractivity contribution in [1.29, 1.82) is 0 Å². The van der Waals surface area contributed by atoms with E-state index in [4.69, 9.17) is 4.63 Å². The quantitative estimate of drug-likeness (QED) is 0.910. The van der Waals surface area contributed by atoms with Gasteiger partial charge in [0.25, 0.3) is 0 Å². The minimum Gasteiger partial charge on any atom is -0.307 e. The highest BCUT2D eigenvalue weighted by molar-refractivity contribution is 5.29. The summed E-state index contributed by atoms with van der Waals surface area (Å²) in [5, 5.41) is 11.2. The van der Waals surface area contributed by atoms with Crippen molar-refractivity contribution >= 4 is 0 Å². The van der Waals surface area contributed by atoms with Crippen LogP contribution in [0.15, 0.2) is 28.9 Å². The van der Waals surface area contributed by atoms with Crippen molar-refractivity contribution in [2.75, 3.05) is 13.1 Å². The van der Waals surface area contributed by atoms with Crippen molar-refractivity contribution < 1.29 is 4.63 Å². The fraction of sp³-hybridized carbons (Fsp3) is 0.500. The minimum absolute atomic E-state index is 0.409. The average molecular weight is 286 g/mol. The van der Waals surface area contributed by atoms with Crippen LogP contribution in [0.1, 0.15) is 29.4 Å². The van der Waals surface area contributed by atoms with Crippen LogP contribution in [0.25, 0.3) is 0 Å². The van der Waals surface area contributed by atoms with Gasteiger partial charge in [-0.05, 0) is 31.4 Å². The number of aromatic nitrogens is 2. The van der Waals surface area contributed by atoms with Gasteiger partial charge in [-0.1, -0.05) is 34.6 Å². The SMILES string of the molecule is Cc1nonc1CNC(C)CN1CCc2ccccc2C1. The van der Waals surface area contributed by atoms with E-state index < -0.39 is 0 Å². The normalized spacial score (nSPS) is 16.7. The van der Waals surface area contributed by atoms with Crippen molar-refractivity contribution in [2.45, 2.75) is 39.4 Å². The molecule has 0 saturated carbocycles. The number of hydrogen-bond donors (Lipinski definition) is 1. The van der Waals surface area contributed by atoms with E-state index in [0.717, 1.165) is 37.4 Å². The molecule has 5 heteroatoms. The van der Waals surface area contributed by atoms with Crippen LogP contribution in [-0.2, 0) is 19.5 Å². The number of nitrogens with zero attached hydrogens (tertiary/aromatic N) is 3. The summed E-state index contributed by atoms with van der Waals surface area (Å²) in [6.07, 6.45) is 1.15. The fourth-order valence-electron chi connectivity index (χ4n) is 2.84. The summed E-state index contributed by atoms with van der Waals surface area (Å²) >= 11 is 0. The molecule has 1 aromatic heterocycles. The molecule has 0 fully saturated rings. The number of fused-ring (bicyclic) bond motifs is 1. The Hall–Kier alpha value is -1.72. The van der Waals surface area contributed by atoms with Gasteiger partial charge in [0.2, 0.25) is 0 Å². The van der Waals surface area contributed by atoms with E-state index in [2.05, 4.69) is 51.7 Å². The summed E-state index contributed by atoms with van der Waals surface area (Å²) in [6.45, 7) is 8.06. The zero-order valence-corrected chi connectivity index (χ0v) is 12.7. The van der Waals surface area contributed by atoms with Crippen molar-refractivity contribution in [3.8, 4) is 0 Å². The molecule has 21 heavy (non-hydrogen) atoms. The largest absolute Gasteiger partial charge is 0.307 e. The Morgan fingerprint density at radius 3 is 2.86 bits per heavy atom. The standard InChI is InChI=1S/C16H22N4O/c1-12(17-9-16-13(2)18-21-19-16)10-20-8-7-14-5-3-4-6-15(14)11-20/h3-6,12,17H,7-11H2,1-2H3. The molecule has 112 valence electrons. The van der Waals surface area contributed by atoms with Gasteiger partial charge in [0.1, 0.15) is 11.4 Å². The van der Waals surface area contributed by atoms with Crippen LogP contribution in [0.2, 0.25) is 0 Å². The minimum atomic E-state index is 0.409. The first-order chi connectivity index (χ1) is 10.2. The van der Waals surface area contributed by atoms with Crippen molar-refractivity contribution in [2.24, 2.45) is 0 Å². The van der Waals surface area contributed by atoms with E-state index >= 15 is 0 Å². The summed E-state index contributed by atoms with van der Waals surface area (Å²) in [6, 6.07) is 9.15. The molecular formula is C16H22N4O. The molecule has 0 saturated heterocycles. The van der Waals surface area contributed by atoms with Crippen molar-refractivity contribution in [3.05, 3.63) is 46.8 Å². The van der Waals surface area contributed by atoms with Gasteiger partial charge >= 0.3 is 0 Å². The molecule has 0 bridgehead atoms. The first-order valence-electron chi connectivity index (χ1n) is 7.53. The monoisotopic (exact) mass is 286 g/mol. The second kappa shape index (κ2) is 6.37. The second-order valence-corrected chi connectivity index (χ2v) is 5.83. The lowest BCUT2D eigenvalue weighted by Crippen LogP contribution is -2.41. The number of hydrogen-bond acceptors (Lipinski definition) is 5. The molecule has 0 aliphatic carbocycles. The second-order valence-electron chi connectivity index (χ2n) is 5.83. The summed E-state index contributed by atoms with van der Waals surface area (Å²) < 4.78 is 4.72. The van der Waals surface area contributed by atoms with Gasteiger partial charge in [-0.15, -0.1) is 0 Å². The molecule has 1 aliphatic rings. The van der Waals surface area contributed by atoms with E-state index in [1.54, 1.807) is 0 Å². The molecular weight excluding hydrogens is 264 g/mol.